The molecule has 6 rings (SSSR count). The van der Waals surface area contributed by atoms with Crippen LogP contribution in [0.5, 0.6) is 5.75 Å². The van der Waals surface area contributed by atoms with Crippen molar-refractivity contribution >= 4 is 29.0 Å². The van der Waals surface area contributed by atoms with E-state index in [9.17, 15) is 34.2 Å². The zero-order valence-electron chi connectivity index (χ0n) is 25.3. The fraction of sp³-hybridized carbons (Fsp3) is 0.500. The molecule has 4 N–H and O–H groups in total. The number of ketones is 4. The first-order valence-electron chi connectivity index (χ1n) is 15.4. The normalized spacial score (nSPS) is 31.1. The molecule has 2 aromatic carbocycles. The standard InChI is InChI=1S/C34H39N3O7/c1-17-9-11-37(12-10-17)16-18-5-4-6-19(13-18)21-7-8-24(38)26-22(21)14-20-15-23-28(36(2)3)30(40)27(33(35)43)32(42)34(23,44)31(41)25(20)29(26)39/h4-8,13,17,20,23,25,27-28,38,44H,9-12,14-16H2,1-3H3,(H2,35,43)/t20-,23-,25?,27?,28-,34-/m0/s1. The number of Topliss-reactive ketones (excluding diaryl/α,β-unsaturated/α-hetero) is 4. The van der Waals surface area contributed by atoms with Crippen LogP contribution in [-0.4, -0.2) is 87.9 Å². The lowest BCUT2D eigenvalue weighted by Gasteiger charge is -2.52. The van der Waals surface area contributed by atoms with Gasteiger partial charge in [-0.05, 0) is 99.1 Å². The Kier molecular flexibility index (Phi) is 7.58. The van der Waals surface area contributed by atoms with E-state index in [1.165, 1.54) is 23.8 Å². The SMILES string of the molecule is CC1CCN(Cc2cccc(-c3ccc(O)c4c3C[C@H]3C[C@H]5[C@H](N(C)C)C(=O)C(C(N)=O)C(=O)[C@@]5(O)C(=O)C3C4=O)c2)CC1. The Balaban J connectivity index is 1.39. The van der Waals surface area contributed by atoms with Gasteiger partial charge >= 0.3 is 0 Å². The number of likely N-dealkylation sites (tertiary alicyclic amines) is 1. The Hall–Kier alpha value is -3.73. The van der Waals surface area contributed by atoms with Gasteiger partial charge in [0.2, 0.25) is 5.91 Å². The minimum Gasteiger partial charge on any atom is -0.507 e. The van der Waals surface area contributed by atoms with E-state index in [4.69, 9.17) is 5.73 Å². The quantitative estimate of drug-likeness (QED) is 0.434. The van der Waals surface area contributed by atoms with Crippen LogP contribution in [0.15, 0.2) is 36.4 Å². The van der Waals surface area contributed by atoms with Crippen LogP contribution in [-0.2, 0) is 32.1 Å². The molecule has 10 heteroatoms. The highest BCUT2D eigenvalue weighted by atomic mass is 16.3. The van der Waals surface area contributed by atoms with E-state index in [2.05, 4.69) is 24.0 Å². The third kappa shape index (κ3) is 4.62. The van der Waals surface area contributed by atoms with Gasteiger partial charge in [-0.3, -0.25) is 33.8 Å². The zero-order chi connectivity index (χ0) is 31.7. The number of likely N-dealkylation sites (N-methyl/N-ethyl adjacent to an activating group) is 1. The van der Waals surface area contributed by atoms with Crippen molar-refractivity contribution < 1.29 is 34.2 Å². The van der Waals surface area contributed by atoms with Crippen LogP contribution < -0.4 is 5.73 Å². The average Bonchev–Trinajstić information content (AvgIpc) is 2.96. The molecule has 44 heavy (non-hydrogen) atoms. The number of amides is 1. The van der Waals surface area contributed by atoms with Gasteiger partial charge in [0.1, 0.15) is 5.75 Å². The van der Waals surface area contributed by atoms with E-state index in [-0.39, 0.29) is 24.2 Å². The molecule has 4 aliphatic rings. The van der Waals surface area contributed by atoms with Gasteiger partial charge in [0.05, 0.1) is 17.5 Å². The number of nitrogens with two attached hydrogens (primary N) is 1. The molecule has 0 bridgehead atoms. The summed E-state index contributed by atoms with van der Waals surface area (Å²) < 4.78 is 0. The molecule has 1 saturated heterocycles. The number of aromatic hydroxyl groups is 1. The van der Waals surface area contributed by atoms with Crippen LogP contribution in [0.4, 0.5) is 0 Å². The Labute approximate surface area is 256 Å². The lowest BCUT2D eigenvalue weighted by molar-refractivity contribution is -0.181. The Morgan fingerprint density at radius 1 is 1.07 bits per heavy atom. The third-order valence-electron chi connectivity index (χ3n) is 10.5. The molecule has 2 unspecified atom stereocenters. The molecule has 0 radical (unpaired) electrons. The van der Waals surface area contributed by atoms with Crippen molar-refractivity contribution in [1.29, 1.82) is 0 Å². The number of rotatable bonds is 5. The second-order valence-corrected chi connectivity index (χ2v) is 13.4. The third-order valence-corrected chi connectivity index (χ3v) is 10.5. The molecule has 3 fully saturated rings. The summed E-state index contributed by atoms with van der Waals surface area (Å²) in [5.41, 5.74) is 6.05. The molecule has 2 aromatic rings. The first-order chi connectivity index (χ1) is 20.8. The van der Waals surface area contributed by atoms with Gasteiger partial charge in [-0.25, -0.2) is 0 Å². The molecule has 1 heterocycles. The van der Waals surface area contributed by atoms with Gasteiger partial charge < -0.3 is 15.9 Å². The van der Waals surface area contributed by atoms with Gasteiger partial charge in [0.15, 0.2) is 34.7 Å². The summed E-state index contributed by atoms with van der Waals surface area (Å²) in [6.07, 6.45) is 2.58. The highest BCUT2D eigenvalue weighted by Crippen LogP contribution is 2.51. The monoisotopic (exact) mass is 601 g/mol. The van der Waals surface area contributed by atoms with Gasteiger partial charge in [-0.15, -0.1) is 0 Å². The Bertz CT molecular complexity index is 1580. The van der Waals surface area contributed by atoms with Gasteiger partial charge in [0.25, 0.3) is 0 Å². The van der Waals surface area contributed by atoms with E-state index in [0.29, 0.717) is 5.56 Å². The molecule has 1 amide bonds. The van der Waals surface area contributed by atoms with Crippen molar-refractivity contribution in [3.8, 4) is 16.9 Å². The summed E-state index contributed by atoms with van der Waals surface area (Å²) in [7, 11) is 3.14. The number of aliphatic hydroxyl groups is 1. The number of carbonyl (C=O) groups excluding carboxylic acids is 5. The van der Waals surface area contributed by atoms with Gasteiger partial charge in [-0.1, -0.05) is 31.2 Å². The molecule has 2 saturated carbocycles. The van der Waals surface area contributed by atoms with Crippen LogP contribution >= 0.6 is 0 Å². The number of primary amides is 1. The predicted octanol–water partition coefficient (Wildman–Crippen LogP) is 1.77. The van der Waals surface area contributed by atoms with Gasteiger partial charge in [-0.2, -0.15) is 0 Å². The average molecular weight is 602 g/mol. The number of hydrogen-bond donors (Lipinski definition) is 3. The van der Waals surface area contributed by atoms with Crippen molar-refractivity contribution in [3.63, 3.8) is 0 Å². The lowest BCUT2D eigenvalue weighted by atomic mass is 9.52. The van der Waals surface area contributed by atoms with E-state index in [1.807, 2.05) is 12.1 Å². The lowest BCUT2D eigenvalue weighted by Crippen LogP contribution is -2.74. The maximum absolute atomic E-state index is 14.1. The van der Waals surface area contributed by atoms with Crippen LogP contribution in [0, 0.1) is 29.6 Å². The number of phenols is 1. The minimum atomic E-state index is -2.73. The smallest absolute Gasteiger partial charge is 0.235 e. The Morgan fingerprint density at radius 2 is 1.77 bits per heavy atom. The molecular formula is C34H39N3O7. The first-order valence-corrected chi connectivity index (χ1v) is 15.4. The highest BCUT2D eigenvalue weighted by molar-refractivity contribution is 6.32. The van der Waals surface area contributed by atoms with Crippen molar-refractivity contribution in [2.45, 2.75) is 50.8 Å². The summed E-state index contributed by atoms with van der Waals surface area (Å²) in [6, 6.07) is 10.2. The summed E-state index contributed by atoms with van der Waals surface area (Å²) >= 11 is 0. The first kappa shape index (κ1) is 30.3. The van der Waals surface area contributed by atoms with Crippen molar-refractivity contribution in [1.82, 2.24) is 9.80 Å². The second-order valence-electron chi connectivity index (χ2n) is 13.4. The molecule has 0 spiro atoms. The number of piperidine rings is 1. The molecule has 6 atom stereocenters. The van der Waals surface area contributed by atoms with E-state index >= 15 is 0 Å². The van der Waals surface area contributed by atoms with E-state index in [0.717, 1.165) is 42.2 Å². The summed E-state index contributed by atoms with van der Waals surface area (Å²) in [5.74, 6) is -9.71. The maximum atomic E-state index is 14.1. The zero-order valence-corrected chi connectivity index (χ0v) is 25.3. The Morgan fingerprint density at radius 3 is 2.43 bits per heavy atom. The number of phenolic OH excluding ortho intramolecular Hbond substituents is 1. The summed E-state index contributed by atoms with van der Waals surface area (Å²) in [4.78, 5) is 71.0. The maximum Gasteiger partial charge on any atom is 0.235 e. The highest BCUT2D eigenvalue weighted by Gasteiger charge is 2.69. The van der Waals surface area contributed by atoms with Crippen molar-refractivity contribution in [3.05, 3.63) is 53.1 Å². The molecule has 232 valence electrons. The van der Waals surface area contributed by atoms with Crippen LogP contribution in [0.25, 0.3) is 11.1 Å². The molecule has 10 nitrogen and oxygen atoms in total. The second kappa shape index (κ2) is 11.0. The van der Waals surface area contributed by atoms with Crippen LogP contribution in [0.1, 0.15) is 47.7 Å². The summed E-state index contributed by atoms with van der Waals surface area (Å²) in [5, 5.41) is 22.7. The molecule has 1 aliphatic heterocycles. The van der Waals surface area contributed by atoms with Crippen LogP contribution in [0.3, 0.4) is 0 Å². The van der Waals surface area contributed by atoms with Crippen molar-refractivity contribution in [2.24, 2.45) is 35.3 Å². The van der Waals surface area contributed by atoms with Gasteiger partial charge in [0, 0.05) is 12.5 Å². The number of fused-ring (bicyclic) bond motifs is 3. The number of nitrogens with zero attached hydrogens (tertiary/aromatic N) is 2. The largest absolute Gasteiger partial charge is 0.507 e. The van der Waals surface area contributed by atoms with Crippen molar-refractivity contribution in [2.75, 3.05) is 27.2 Å². The fourth-order valence-electron chi connectivity index (χ4n) is 8.19. The predicted molar refractivity (Wildman–Crippen MR) is 160 cm³/mol. The molecular weight excluding hydrogens is 562 g/mol. The number of benzene rings is 2. The molecule has 3 aliphatic carbocycles. The minimum absolute atomic E-state index is 0.00418. The van der Waals surface area contributed by atoms with Crippen LogP contribution in [0.2, 0.25) is 0 Å². The number of carbonyl (C=O) groups is 5. The number of hydrogen-bond acceptors (Lipinski definition) is 9. The molecule has 0 aromatic heterocycles. The topological polar surface area (TPSA) is 158 Å². The van der Waals surface area contributed by atoms with E-state index < -0.39 is 64.4 Å². The van der Waals surface area contributed by atoms with E-state index in [1.54, 1.807) is 20.2 Å². The summed E-state index contributed by atoms with van der Waals surface area (Å²) in [6.45, 7) is 5.16. The fourth-order valence-corrected chi connectivity index (χ4v) is 8.19.